The van der Waals surface area contributed by atoms with E-state index in [1.807, 2.05) is 13.0 Å². The summed E-state index contributed by atoms with van der Waals surface area (Å²) in [7, 11) is -4.10. The van der Waals surface area contributed by atoms with Crippen LogP contribution in [0.25, 0.3) is 6.08 Å². The molecule has 0 heterocycles. The molecule has 0 aliphatic heterocycles. The van der Waals surface area contributed by atoms with Crippen LogP contribution in [0.1, 0.15) is 16.7 Å². The number of hydrogen-bond acceptors (Lipinski definition) is 3. The summed E-state index contributed by atoms with van der Waals surface area (Å²) in [5.74, 6) is -0.664. The second-order valence-electron chi connectivity index (χ2n) is 6.53. The summed E-state index contributed by atoms with van der Waals surface area (Å²) in [5.41, 5.74) is 2.64. The van der Waals surface area contributed by atoms with Gasteiger partial charge in [-0.25, -0.2) is 8.42 Å². The van der Waals surface area contributed by atoms with Crippen LogP contribution in [0.4, 0.5) is 5.69 Å². The molecule has 0 radical (unpaired) electrons. The molecule has 0 aliphatic carbocycles. The first-order valence-corrected chi connectivity index (χ1v) is 10.8. The van der Waals surface area contributed by atoms with E-state index < -0.39 is 15.9 Å². The molecule has 0 saturated heterocycles. The molecule has 29 heavy (non-hydrogen) atoms. The van der Waals surface area contributed by atoms with Crippen LogP contribution in [0.5, 0.6) is 0 Å². The lowest BCUT2D eigenvalue weighted by Crippen LogP contribution is -2.36. The number of halogens is 1. The largest absolute Gasteiger partial charge is 0.271 e. The monoisotopic (exact) mass is 425 g/mol. The van der Waals surface area contributed by atoms with Crippen LogP contribution in [-0.2, 0) is 14.8 Å². The average molecular weight is 426 g/mol. The number of carbonyl (C=O) groups excluding carboxylic acids is 1. The van der Waals surface area contributed by atoms with Gasteiger partial charge in [0.1, 0.15) is 0 Å². The predicted octanol–water partition coefficient (Wildman–Crippen LogP) is 5.39. The molecular formula is C23H20ClNO3S. The quantitative estimate of drug-likeness (QED) is 0.515. The Morgan fingerprint density at radius 2 is 1.62 bits per heavy atom. The Morgan fingerprint density at radius 3 is 2.31 bits per heavy atom. The average Bonchev–Trinajstić information content (AvgIpc) is 2.70. The predicted molar refractivity (Wildman–Crippen MR) is 118 cm³/mol. The molecule has 0 N–H and O–H groups in total. The van der Waals surface area contributed by atoms with E-state index in [0.29, 0.717) is 16.3 Å². The van der Waals surface area contributed by atoms with Crippen molar-refractivity contribution in [2.75, 3.05) is 4.31 Å². The smallest absolute Gasteiger partial charge is 0.268 e. The molecular weight excluding hydrogens is 406 g/mol. The van der Waals surface area contributed by atoms with Crippen molar-refractivity contribution in [3.8, 4) is 0 Å². The molecule has 148 valence electrons. The fraction of sp³-hybridized carbons (Fsp3) is 0.0870. The summed E-state index contributed by atoms with van der Waals surface area (Å²) in [6.07, 6.45) is 2.79. The Balaban J connectivity index is 2.10. The van der Waals surface area contributed by atoms with Gasteiger partial charge in [-0.3, -0.25) is 4.79 Å². The first kappa shape index (κ1) is 20.8. The van der Waals surface area contributed by atoms with E-state index in [2.05, 4.69) is 0 Å². The Labute approximate surface area is 176 Å². The van der Waals surface area contributed by atoms with Gasteiger partial charge >= 0.3 is 0 Å². The van der Waals surface area contributed by atoms with Crippen molar-refractivity contribution in [3.63, 3.8) is 0 Å². The van der Waals surface area contributed by atoms with Crippen molar-refractivity contribution in [3.05, 3.63) is 101 Å². The maximum atomic E-state index is 13.4. The lowest BCUT2D eigenvalue weighted by molar-refractivity contribution is -0.113. The lowest BCUT2D eigenvalue weighted by atomic mass is 10.1. The minimum absolute atomic E-state index is 0.0467. The Bertz CT molecular complexity index is 1170. The Hall–Kier alpha value is -2.89. The lowest BCUT2D eigenvalue weighted by Gasteiger charge is -2.24. The first-order chi connectivity index (χ1) is 13.8. The number of aryl methyl sites for hydroxylation is 1. The van der Waals surface area contributed by atoms with E-state index in [1.165, 1.54) is 18.2 Å². The first-order valence-electron chi connectivity index (χ1n) is 8.95. The maximum Gasteiger partial charge on any atom is 0.271 e. The van der Waals surface area contributed by atoms with Gasteiger partial charge in [0.15, 0.2) is 0 Å². The van der Waals surface area contributed by atoms with Crippen molar-refractivity contribution in [2.24, 2.45) is 0 Å². The van der Waals surface area contributed by atoms with Crippen molar-refractivity contribution in [1.82, 2.24) is 0 Å². The van der Waals surface area contributed by atoms with Crippen molar-refractivity contribution in [1.29, 1.82) is 0 Å². The number of anilines is 1. The zero-order chi connectivity index (χ0) is 21.0. The van der Waals surface area contributed by atoms with Crippen LogP contribution in [0, 0.1) is 13.8 Å². The molecule has 4 nitrogen and oxygen atoms in total. The van der Waals surface area contributed by atoms with Gasteiger partial charge in [-0.05, 0) is 66.9 Å². The van der Waals surface area contributed by atoms with Crippen LogP contribution in [0.3, 0.4) is 0 Å². The van der Waals surface area contributed by atoms with E-state index in [1.54, 1.807) is 67.6 Å². The summed E-state index contributed by atoms with van der Waals surface area (Å²) in [4.78, 5) is 13.2. The molecule has 6 heteroatoms. The summed E-state index contributed by atoms with van der Waals surface area (Å²) in [6, 6.07) is 20.1. The molecule has 3 rings (SSSR count). The van der Waals surface area contributed by atoms with Gasteiger partial charge < -0.3 is 0 Å². The molecule has 0 unspecified atom stereocenters. The van der Waals surface area contributed by atoms with Crippen molar-refractivity contribution < 1.29 is 13.2 Å². The highest BCUT2D eigenvalue weighted by atomic mass is 35.5. The van der Waals surface area contributed by atoms with Gasteiger partial charge in [0.05, 0.1) is 10.6 Å². The van der Waals surface area contributed by atoms with Crippen LogP contribution in [0.2, 0.25) is 5.02 Å². The number of rotatable bonds is 5. The number of benzene rings is 3. The Morgan fingerprint density at radius 1 is 0.931 bits per heavy atom. The van der Waals surface area contributed by atoms with Crippen LogP contribution < -0.4 is 4.31 Å². The van der Waals surface area contributed by atoms with Gasteiger partial charge in [-0.2, -0.15) is 4.31 Å². The molecule has 3 aromatic rings. The van der Waals surface area contributed by atoms with Gasteiger partial charge in [-0.1, -0.05) is 54.1 Å². The third-order valence-corrected chi connectivity index (χ3v) is 6.50. The van der Waals surface area contributed by atoms with Gasteiger partial charge in [0.25, 0.3) is 15.9 Å². The standard InChI is InChI=1S/C23H20ClNO3S/c1-17-8-6-13-22(18(17)2)25(29(27,28)21-11-4-3-5-12-21)23(26)15-14-19-9-7-10-20(24)16-19/h3-16H,1-2H3/b15-14+. The molecule has 0 atom stereocenters. The fourth-order valence-corrected chi connectivity index (χ4v) is 4.53. The molecule has 0 saturated carbocycles. The SMILES string of the molecule is Cc1cccc(N(C(=O)/C=C/c2cccc(Cl)c2)S(=O)(=O)c2ccccc2)c1C. The van der Waals surface area contributed by atoms with Gasteiger partial charge in [0, 0.05) is 11.1 Å². The summed E-state index contributed by atoms with van der Waals surface area (Å²) < 4.78 is 27.6. The number of nitrogens with zero attached hydrogens (tertiary/aromatic N) is 1. The highest BCUT2D eigenvalue weighted by molar-refractivity contribution is 7.93. The number of sulfonamides is 1. The van der Waals surface area contributed by atoms with Crippen LogP contribution in [-0.4, -0.2) is 14.3 Å². The molecule has 0 aromatic heterocycles. The molecule has 1 amide bonds. The highest BCUT2D eigenvalue weighted by Crippen LogP contribution is 2.29. The fourth-order valence-electron chi connectivity index (χ4n) is 2.87. The molecule has 0 aliphatic rings. The molecule has 0 fully saturated rings. The molecule has 0 spiro atoms. The number of amides is 1. The van der Waals surface area contributed by atoms with E-state index in [9.17, 15) is 13.2 Å². The van der Waals surface area contributed by atoms with E-state index in [0.717, 1.165) is 15.4 Å². The number of carbonyl (C=O) groups is 1. The van der Waals surface area contributed by atoms with Crippen LogP contribution >= 0.6 is 11.6 Å². The van der Waals surface area contributed by atoms with Gasteiger partial charge in [-0.15, -0.1) is 0 Å². The second kappa shape index (κ2) is 8.64. The van der Waals surface area contributed by atoms with Crippen molar-refractivity contribution >= 4 is 39.3 Å². The van der Waals surface area contributed by atoms with Crippen LogP contribution in [0.15, 0.2) is 83.8 Å². The third-order valence-electron chi connectivity index (χ3n) is 4.54. The number of hydrogen-bond donors (Lipinski definition) is 0. The normalized spacial score (nSPS) is 11.6. The van der Waals surface area contributed by atoms with Gasteiger partial charge in [0.2, 0.25) is 0 Å². The third kappa shape index (κ3) is 4.58. The zero-order valence-corrected chi connectivity index (χ0v) is 17.6. The highest BCUT2D eigenvalue weighted by Gasteiger charge is 2.30. The molecule has 0 bridgehead atoms. The van der Waals surface area contributed by atoms with E-state index in [-0.39, 0.29) is 4.90 Å². The topological polar surface area (TPSA) is 54.5 Å². The summed E-state index contributed by atoms with van der Waals surface area (Å²) in [5, 5.41) is 0.530. The van der Waals surface area contributed by atoms with Crippen molar-refractivity contribution in [2.45, 2.75) is 18.7 Å². The van der Waals surface area contributed by atoms with E-state index in [4.69, 9.17) is 11.6 Å². The zero-order valence-electron chi connectivity index (χ0n) is 16.0. The summed E-state index contributed by atoms with van der Waals surface area (Å²) in [6.45, 7) is 3.67. The minimum Gasteiger partial charge on any atom is -0.268 e. The maximum absolute atomic E-state index is 13.4. The summed E-state index contributed by atoms with van der Waals surface area (Å²) >= 11 is 5.98. The van der Waals surface area contributed by atoms with E-state index >= 15 is 0 Å². The molecule has 3 aromatic carbocycles. The second-order valence-corrected chi connectivity index (χ2v) is 8.75. The Kier molecular flexibility index (Phi) is 6.20. The minimum atomic E-state index is -4.10.